The number of nitrogens with two attached hydrogens (primary N) is 1. The monoisotopic (exact) mass is 324 g/mol. The second-order valence-electron chi connectivity index (χ2n) is 3.83. The highest BCUT2D eigenvalue weighted by Gasteiger charge is 2.04. The van der Waals surface area contributed by atoms with E-state index in [2.05, 4.69) is 21.1 Å². The largest absolute Gasteiger partial charge is 0.446 e. The van der Waals surface area contributed by atoms with Crippen LogP contribution in [0.4, 0.5) is 0 Å². The molecule has 0 amide bonds. The lowest BCUT2D eigenvalue weighted by atomic mass is 10.1. The molecular formula is C13H13BrN2O3. The van der Waals surface area contributed by atoms with Crippen molar-refractivity contribution in [2.45, 2.75) is 13.2 Å². The van der Waals surface area contributed by atoms with E-state index in [9.17, 15) is 0 Å². The van der Waals surface area contributed by atoms with Crippen LogP contribution in [0.15, 0.2) is 50.6 Å². The van der Waals surface area contributed by atoms with E-state index in [1.807, 2.05) is 24.3 Å². The van der Waals surface area contributed by atoms with E-state index in [0.717, 1.165) is 11.1 Å². The van der Waals surface area contributed by atoms with Gasteiger partial charge in [-0.3, -0.25) is 0 Å². The summed E-state index contributed by atoms with van der Waals surface area (Å²) < 4.78 is 5.81. The molecule has 0 aliphatic heterocycles. The Morgan fingerprint density at radius 2 is 1.89 bits per heavy atom. The number of hydrogen-bond donors (Lipinski definition) is 2. The second-order valence-corrected chi connectivity index (χ2v) is 4.61. The van der Waals surface area contributed by atoms with Gasteiger partial charge in [-0.15, -0.1) is 0 Å². The average Bonchev–Trinajstić information content (AvgIpc) is 2.86. The molecule has 0 unspecified atom stereocenters. The van der Waals surface area contributed by atoms with Gasteiger partial charge in [-0.1, -0.05) is 29.4 Å². The number of furan rings is 1. The zero-order valence-corrected chi connectivity index (χ0v) is 11.6. The minimum absolute atomic E-state index is 0.0274. The zero-order chi connectivity index (χ0) is 13.7. The summed E-state index contributed by atoms with van der Waals surface area (Å²) in [6.45, 7) is 0.327. The van der Waals surface area contributed by atoms with Crippen LogP contribution in [-0.4, -0.2) is 10.9 Å². The van der Waals surface area contributed by atoms with Crippen molar-refractivity contribution in [2.75, 3.05) is 0 Å². The summed E-state index contributed by atoms with van der Waals surface area (Å²) in [5.41, 5.74) is 7.49. The van der Waals surface area contributed by atoms with Crippen molar-refractivity contribution in [3.63, 3.8) is 0 Å². The van der Waals surface area contributed by atoms with E-state index in [1.54, 1.807) is 12.1 Å². The van der Waals surface area contributed by atoms with Crippen molar-refractivity contribution in [2.24, 2.45) is 10.9 Å². The molecule has 100 valence electrons. The van der Waals surface area contributed by atoms with Crippen LogP contribution in [0.5, 0.6) is 0 Å². The lowest BCUT2D eigenvalue weighted by Gasteiger charge is -2.02. The van der Waals surface area contributed by atoms with Gasteiger partial charge in [0.15, 0.2) is 10.4 Å². The minimum atomic E-state index is 0.0274. The first-order chi connectivity index (χ1) is 9.19. The Balaban J connectivity index is 1.91. The van der Waals surface area contributed by atoms with E-state index in [4.69, 9.17) is 20.1 Å². The van der Waals surface area contributed by atoms with Gasteiger partial charge in [-0.2, -0.15) is 0 Å². The molecule has 0 saturated heterocycles. The first-order valence-corrected chi connectivity index (χ1v) is 6.38. The average molecular weight is 325 g/mol. The summed E-state index contributed by atoms with van der Waals surface area (Å²) in [6, 6.07) is 10.8. The van der Waals surface area contributed by atoms with Gasteiger partial charge in [0, 0.05) is 0 Å². The van der Waals surface area contributed by atoms with Gasteiger partial charge >= 0.3 is 0 Å². The molecule has 3 N–H and O–H groups in total. The van der Waals surface area contributed by atoms with Crippen molar-refractivity contribution in [1.82, 2.24) is 0 Å². The van der Waals surface area contributed by atoms with Crippen molar-refractivity contribution in [3.8, 4) is 0 Å². The highest BCUT2D eigenvalue weighted by Crippen LogP contribution is 2.13. The van der Waals surface area contributed by atoms with E-state index >= 15 is 0 Å². The molecule has 1 aromatic heterocycles. The molecule has 0 aliphatic carbocycles. The molecule has 0 atom stereocenters. The second kappa shape index (κ2) is 6.40. The number of aliphatic hydroxyl groups excluding tert-OH is 1. The molecule has 1 aromatic carbocycles. The number of hydrogen-bond acceptors (Lipinski definition) is 4. The number of oxime groups is 1. The fraction of sp³-hybridized carbons (Fsp3) is 0.154. The third kappa shape index (κ3) is 3.84. The molecule has 2 aromatic rings. The fourth-order valence-corrected chi connectivity index (χ4v) is 1.72. The first-order valence-electron chi connectivity index (χ1n) is 5.59. The highest BCUT2D eigenvalue weighted by atomic mass is 79.9. The zero-order valence-electron chi connectivity index (χ0n) is 10.0. The van der Waals surface area contributed by atoms with E-state index in [1.165, 1.54) is 0 Å². The number of nitrogens with zero attached hydrogens (tertiary/aromatic N) is 1. The summed E-state index contributed by atoms with van der Waals surface area (Å²) in [7, 11) is 0. The maximum Gasteiger partial charge on any atom is 0.206 e. The van der Waals surface area contributed by atoms with Gasteiger partial charge in [-0.05, 0) is 39.2 Å². The molecule has 5 nitrogen and oxygen atoms in total. The summed E-state index contributed by atoms with van der Waals surface area (Å²) in [5, 5.41) is 12.7. The van der Waals surface area contributed by atoms with Crippen LogP contribution in [0.25, 0.3) is 0 Å². The van der Waals surface area contributed by atoms with Crippen LogP contribution in [0.2, 0.25) is 0 Å². The van der Waals surface area contributed by atoms with Crippen LogP contribution in [0, 0.1) is 0 Å². The van der Waals surface area contributed by atoms with Crippen LogP contribution in [0.1, 0.15) is 16.9 Å². The molecule has 0 fully saturated rings. The number of halogens is 1. The molecule has 0 bridgehead atoms. The van der Waals surface area contributed by atoms with Crippen molar-refractivity contribution >= 4 is 21.8 Å². The Labute approximate surface area is 118 Å². The van der Waals surface area contributed by atoms with Gasteiger partial charge in [0.25, 0.3) is 0 Å². The number of rotatable bonds is 5. The normalized spacial score (nSPS) is 11.6. The Hall–Kier alpha value is -1.79. The Kier molecular flexibility index (Phi) is 4.59. The summed E-state index contributed by atoms with van der Waals surface area (Å²) in [6.07, 6.45) is 0. The van der Waals surface area contributed by atoms with Gasteiger partial charge in [0.05, 0.1) is 6.61 Å². The fourth-order valence-electron chi connectivity index (χ4n) is 1.41. The van der Waals surface area contributed by atoms with E-state index in [-0.39, 0.29) is 12.4 Å². The van der Waals surface area contributed by atoms with Crippen molar-refractivity contribution in [3.05, 3.63) is 58.0 Å². The van der Waals surface area contributed by atoms with Crippen LogP contribution in [0.3, 0.4) is 0 Å². The molecule has 19 heavy (non-hydrogen) atoms. The predicted octanol–water partition coefficient (Wildman–Crippen LogP) is 2.37. The lowest BCUT2D eigenvalue weighted by Crippen LogP contribution is -2.12. The van der Waals surface area contributed by atoms with Crippen molar-refractivity contribution < 1.29 is 14.4 Å². The number of benzene rings is 1. The number of amidine groups is 1. The van der Waals surface area contributed by atoms with Gasteiger partial charge in [-0.25, -0.2) is 0 Å². The first kappa shape index (κ1) is 13.6. The van der Waals surface area contributed by atoms with Gasteiger partial charge in [0.2, 0.25) is 5.84 Å². The molecule has 0 aliphatic rings. The molecule has 1 heterocycles. The van der Waals surface area contributed by atoms with E-state index < -0.39 is 0 Å². The summed E-state index contributed by atoms with van der Waals surface area (Å²) in [4.78, 5) is 5.14. The standard InChI is InChI=1S/C13H13BrN2O3/c14-12-6-5-11(19-12)13(15)16-18-8-10-3-1-9(7-17)2-4-10/h1-6,17H,7-8H2,(H2,15,16). The Morgan fingerprint density at radius 3 is 2.47 bits per heavy atom. The predicted molar refractivity (Wildman–Crippen MR) is 74.3 cm³/mol. The molecule has 6 heteroatoms. The van der Waals surface area contributed by atoms with Crippen LogP contribution >= 0.6 is 15.9 Å². The molecule has 0 radical (unpaired) electrons. The van der Waals surface area contributed by atoms with Crippen molar-refractivity contribution in [1.29, 1.82) is 0 Å². The van der Waals surface area contributed by atoms with Crippen LogP contribution < -0.4 is 5.73 Å². The Bertz CT molecular complexity index is 564. The quantitative estimate of drug-likeness (QED) is 0.502. The lowest BCUT2D eigenvalue weighted by molar-refractivity contribution is 0.130. The highest BCUT2D eigenvalue weighted by molar-refractivity contribution is 9.10. The SMILES string of the molecule is N/C(=N/OCc1ccc(CO)cc1)c1ccc(Br)o1. The third-order valence-corrected chi connectivity index (χ3v) is 2.85. The Morgan fingerprint density at radius 1 is 1.21 bits per heavy atom. The van der Waals surface area contributed by atoms with Gasteiger partial charge < -0.3 is 20.1 Å². The molecule has 2 rings (SSSR count). The molecule has 0 spiro atoms. The van der Waals surface area contributed by atoms with Crippen LogP contribution in [-0.2, 0) is 18.1 Å². The van der Waals surface area contributed by atoms with E-state index in [0.29, 0.717) is 17.0 Å². The maximum atomic E-state index is 8.92. The minimum Gasteiger partial charge on any atom is -0.446 e. The smallest absolute Gasteiger partial charge is 0.206 e. The molecular weight excluding hydrogens is 312 g/mol. The summed E-state index contributed by atoms with van der Waals surface area (Å²) in [5.74, 6) is 0.625. The molecule has 0 saturated carbocycles. The van der Waals surface area contributed by atoms with Gasteiger partial charge in [0.1, 0.15) is 6.61 Å². The topological polar surface area (TPSA) is 81.0 Å². The third-order valence-electron chi connectivity index (χ3n) is 2.43. The summed E-state index contributed by atoms with van der Waals surface area (Å²) >= 11 is 3.18. The maximum absolute atomic E-state index is 8.92. The number of aliphatic hydroxyl groups is 1.